The van der Waals surface area contributed by atoms with E-state index >= 15 is 0 Å². The Morgan fingerprint density at radius 1 is 1.23 bits per heavy atom. The van der Waals surface area contributed by atoms with Crippen LogP contribution in [0.5, 0.6) is 0 Å². The monoisotopic (exact) mass is 305 g/mol. The molecule has 22 heavy (non-hydrogen) atoms. The van der Waals surface area contributed by atoms with Crippen LogP contribution >= 0.6 is 0 Å². The Labute approximate surface area is 133 Å². The van der Waals surface area contributed by atoms with E-state index in [9.17, 15) is 9.59 Å². The van der Waals surface area contributed by atoms with Gasteiger partial charge in [0.2, 0.25) is 5.91 Å². The number of ether oxygens (including phenoxy) is 1. The molecular formula is C18H27NO3. The SMILES string of the molecule is CC(=O)O[C@@H]1/C=C/C(=O)N[C@@H](C)CCC/C=C/[C@@H]2CCC[C@H]21. The second-order valence-corrected chi connectivity index (χ2v) is 6.46. The summed E-state index contributed by atoms with van der Waals surface area (Å²) in [6, 6.07) is 0.165. The second-order valence-electron chi connectivity index (χ2n) is 6.46. The lowest BCUT2D eigenvalue weighted by Gasteiger charge is -2.24. The van der Waals surface area contributed by atoms with E-state index in [1.807, 2.05) is 6.92 Å². The molecule has 1 aliphatic heterocycles. The molecule has 4 nitrogen and oxygen atoms in total. The molecule has 1 saturated carbocycles. The third-order valence-corrected chi connectivity index (χ3v) is 4.57. The number of carbonyl (C=O) groups is 2. The predicted molar refractivity (Wildman–Crippen MR) is 86.1 cm³/mol. The zero-order valence-corrected chi connectivity index (χ0v) is 13.6. The van der Waals surface area contributed by atoms with Crippen molar-refractivity contribution in [2.45, 2.75) is 64.5 Å². The molecule has 0 spiro atoms. The van der Waals surface area contributed by atoms with Crippen LogP contribution < -0.4 is 5.32 Å². The zero-order valence-electron chi connectivity index (χ0n) is 13.6. The topological polar surface area (TPSA) is 55.4 Å². The maximum absolute atomic E-state index is 12.0. The van der Waals surface area contributed by atoms with Gasteiger partial charge >= 0.3 is 5.97 Å². The molecule has 0 radical (unpaired) electrons. The molecular weight excluding hydrogens is 278 g/mol. The molecule has 4 atom stereocenters. The normalized spacial score (nSPS) is 36.0. The van der Waals surface area contributed by atoms with Crippen molar-refractivity contribution in [3.05, 3.63) is 24.3 Å². The molecule has 1 fully saturated rings. The van der Waals surface area contributed by atoms with Gasteiger partial charge in [-0.05, 0) is 51.0 Å². The molecule has 122 valence electrons. The van der Waals surface area contributed by atoms with Gasteiger partial charge in [-0.25, -0.2) is 0 Å². The average Bonchev–Trinajstić information content (AvgIpc) is 2.90. The van der Waals surface area contributed by atoms with Crippen molar-refractivity contribution in [3.63, 3.8) is 0 Å². The zero-order chi connectivity index (χ0) is 15.9. The Balaban J connectivity index is 2.18. The Morgan fingerprint density at radius 2 is 2.05 bits per heavy atom. The highest BCUT2D eigenvalue weighted by atomic mass is 16.5. The number of hydrogen-bond donors (Lipinski definition) is 1. The molecule has 1 amide bonds. The molecule has 2 rings (SSSR count). The lowest BCUT2D eigenvalue weighted by Crippen LogP contribution is -2.32. The van der Waals surface area contributed by atoms with Gasteiger partial charge in [-0.3, -0.25) is 9.59 Å². The van der Waals surface area contributed by atoms with E-state index in [1.54, 1.807) is 6.08 Å². The lowest BCUT2D eigenvalue weighted by atomic mass is 9.89. The summed E-state index contributed by atoms with van der Waals surface area (Å²) in [4.78, 5) is 23.4. The first-order valence-corrected chi connectivity index (χ1v) is 8.39. The van der Waals surface area contributed by atoms with Gasteiger partial charge in [-0.2, -0.15) is 0 Å². The van der Waals surface area contributed by atoms with Crippen molar-refractivity contribution < 1.29 is 14.3 Å². The van der Waals surface area contributed by atoms with Crippen LogP contribution in [0.15, 0.2) is 24.3 Å². The van der Waals surface area contributed by atoms with Gasteiger partial charge in [-0.1, -0.05) is 18.6 Å². The Hall–Kier alpha value is -1.58. The molecule has 1 N–H and O–H groups in total. The van der Waals surface area contributed by atoms with Crippen molar-refractivity contribution in [2.75, 3.05) is 0 Å². The number of hydrogen-bond acceptors (Lipinski definition) is 3. The summed E-state index contributed by atoms with van der Waals surface area (Å²) >= 11 is 0. The van der Waals surface area contributed by atoms with Crippen LogP contribution in [0.3, 0.4) is 0 Å². The predicted octanol–water partition coefficient (Wildman–Crippen LogP) is 3.14. The fraction of sp³-hybridized carbons (Fsp3) is 0.667. The van der Waals surface area contributed by atoms with Gasteiger partial charge in [0.1, 0.15) is 6.10 Å². The van der Waals surface area contributed by atoms with Gasteiger partial charge in [0.15, 0.2) is 0 Å². The quantitative estimate of drug-likeness (QED) is 0.598. The van der Waals surface area contributed by atoms with E-state index < -0.39 is 0 Å². The molecule has 0 unspecified atom stereocenters. The third-order valence-electron chi connectivity index (χ3n) is 4.57. The summed E-state index contributed by atoms with van der Waals surface area (Å²) in [5.41, 5.74) is 0. The van der Waals surface area contributed by atoms with Crippen LogP contribution in [0.4, 0.5) is 0 Å². The highest BCUT2D eigenvalue weighted by Gasteiger charge is 2.33. The smallest absolute Gasteiger partial charge is 0.303 e. The average molecular weight is 305 g/mol. The molecule has 4 heteroatoms. The van der Waals surface area contributed by atoms with Gasteiger partial charge in [-0.15, -0.1) is 0 Å². The summed E-state index contributed by atoms with van der Waals surface area (Å²) in [5.74, 6) is 0.325. The third kappa shape index (κ3) is 5.00. The number of allylic oxidation sites excluding steroid dienone is 2. The molecule has 0 bridgehead atoms. The molecule has 0 aromatic rings. The number of nitrogens with one attached hydrogen (secondary N) is 1. The number of fused-ring (bicyclic) bond motifs is 1. The summed E-state index contributed by atoms with van der Waals surface area (Å²) < 4.78 is 5.48. The van der Waals surface area contributed by atoms with E-state index in [0.717, 1.165) is 38.5 Å². The number of carbonyl (C=O) groups excluding carboxylic acids is 2. The maximum Gasteiger partial charge on any atom is 0.303 e. The number of amides is 1. The van der Waals surface area contributed by atoms with Crippen molar-refractivity contribution in [3.8, 4) is 0 Å². The van der Waals surface area contributed by atoms with Crippen LogP contribution in [0.1, 0.15) is 52.4 Å². The summed E-state index contributed by atoms with van der Waals surface area (Å²) in [5, 5.41) is 2.96. The van der Waals surface area contributed by atoms with Crippen LogP contribution in [-0.2, 0) is 14.3 Å². The van der Waals surface area contributed by atoms with Crippen LogP contribution in [-0.4, -0.2) is 24.0 Å². The maximum atomic E-state index is 12.0. The molecule has 0 aromatic heterocycles. The summed E-state index contributed by atoms with van der Waals surface area (Å²) in [6.07, 6.45) is 13.9. The second kappa shape index (κ2) is 8.16. The van der Waals surface area contributed by atoms with E-state index in [0.29, 0.717) is 5.92 Å². The largest absolute Gasteiger partial charge is 0.458 e. The Morgan fingerprint density at radius 3 is 2.82 bits per heavy atom. The van der Waals surface area contributed by atoms with Crippen LogP contribution in [0.25, 0.3) is 0 Å². The van der Waals surface area contributed by atoms with E-state index in [1.165, 1.54) is 13.0 Å². The van der Waals surface area contributed by atoms with Gasteiger partial charge in [0, 0.05) is 25.0 Å². The highest BCUT2D eigenvalue weighted by molar-refractivity contribution is 5.87. The molecule has 0 saturated heterocycles. The van der Waals surface area contributed by atoms with Gasteiger partial charge < -0.3 is 10.1 Å². The molecule has 1 heterocycles. The number of esters is 1. The lowest BCUT2D eigenvalue weighted by molar-refractivity contribution is -0.146. The summed E-state index contributed by atoms with van der Waals surface area (Å²) in [6.45, 7) is 3.45. The highest BCUT2D eigenvalue weighted by Crippen LogP contribution is 2.37. The standard InChI is InChI=1S/C18H27NO3/c1-13-7-4-3-5-8-15-9-6-10-16(15)17(22-14(2)20)11-12-18(21)19-13/h5,8,11-13,15-17H,3-4,6-7,9-10H2,1-2H3,(H,19,21)/b8-5+,12-11+/t13-,15+,16+,17+/m0/s1. The van der Waals surface area contributed by atoms with Gasteiger partial charge in [0.05, 0.1) is 0 Å². The Bertz CT molecular complexity index is 455. The Kier molecular flexibility index (Phi) is 6.22. The fourth-order valence-electron chi connectivity index (χ4n) is 3.48. The fourth-order valence-corrected chi connectivity index (χ4v) is 3.48. The summed E-state index contributed by atoms with van der Waals surface area (Å²) in [7, 11) is 0. The van der Waals surface area contributed by atoms with E-state index in [-0.39, 0.29) is 29.9 Å². The first-order chi connectivity index (χ1) is 10.6. The van der Waals surface area contributed by atoms with E-state index in [4.69, 9.17) is 4.74 Å². The van der Waals surface area contributed by atoms with Crippen LogP contribution in [0, 0.1) is 11.8 Å². The first-order valence-electron chi connectivity index (χ1n) is 8.39. The van der Waals surface area contributed by atoms with Crippen molar-refractivity contribution >= 4 is 11.9 Å². The molecule has 2 aliphatic rings. The number of rotatable bonds is 1. The van der Waals surface area contributed by atoms with E-state index in [2.05, 4.69) is 17.5 Å². The minimum atomic E-state index is -0.309. The minimum Gasteiger partial charge on any atom is -0.458 e. The first kappa shape index (κ1) is 16.8. The minimum absolute atomic E-state index is 0.105. The van der Waals surface area contributed by atoms with Crippen LogP contribution in [0.2, 0.25) is 0 Å². The van der Waals surface area contributed by atoms with Crippen molar-refractivity contribution in [1.82, 2.24) is 5.32 Å². The van der Waals surface area contributed by atoms with Crippen molar-refractivity contribution in [2.24, 2.45) is 11.8 Å². The van der Waals surface area contributed by atoms with Crippen molar-refractivity contribution in [1.29, 1.82) is 0 Å². The molecule has 0 aromatic carbocycles. The van der Waals surface area contributed by atoms with Gasteiger partial charge in [0.25, 0.3) is 0 Å². The molecule has 1 aliphatic carbocycles.